The molecule has 0 saturated heterocycles. The van der Waals surface area contributed by atoms with Gasteiger partial charge in [0.05, 0.1) is 4.92 Å². The monoisotopic (exact) mass is 404 g/mol. The smallest absolute Gasteiger partial charge is 0.269 e. The van der Waals surface area contributed by atoms with Crippen LogP contribution in [0.1, 0.15) is 23.6 Å². The summed E-state index contributed by atoms with van der Waals surface area (Å²) in [5, 5.41) is 20.6. The number of primary amides is 1. The number of benzene rings is 3. The number of aromatic hydroxyl groups is 1. The molecule has 1 amide bonds. The van der Waals surface area contributed by atoms with Crippen molar-refractivity contribution in [3.05, 3.63) is 99.6 Å². The third kappa shape index (κ3) is 4.82. The zero-order valence-corrected chi connectivity index (χ0v) is 16.2. The SMILES string of the molecule is CC(=C(c1ccc(O)cc1)c1ccc(OCC(N)=O)cc1)c1ccc([N+](=O)[O-])cc1. The molecule has 3 aromatic rings. The Kier molecular flexibility index (Phi) is 6.12. The second-order valence-corrected chi connectivity index (χ2v) is 6.63. The van der Waals surface area contributed by atoms with Crippen molar-refractivity contribution in [2.45, 2.75) is 6.92 Å². The van der Waals surface area contributed by atoms with E-state index in [9.17, 15) is 20.0 Å². The van der Waals surface area contributed by atoms with Gasteiger partial charge < -0.3 is 15.6 Å². The average Bonchev–Trinajstić information content (AvgIpc) is 2.74. The van der Waals surface area contributed by atoms with E-state index < -0.39 is 10.8 Å². The highest BCUT2D eigenvalue weighted by molar-refractivity contribution is 5.98. The summed E-state index contributed by atoms with van der Waals surface area (Å²) >= 11 is 0. The molecule has 3 aromatic carbocycles. The topological polar surface area (TPSA) is 116 Å². The first-order valence-electron chi connectivity index (χ1n) is 9.12. The molecule has 0 spiro atoms. The van der Waals surface area contributed by atoms with Crippen LogP contribution >= 0.6 is 0 Å². The molecule has 0 unspecified atom stereocenters. The zero-order valence-electron chi connectivity index (χ0n) is 16.2. The minimum atomic E-state index is -0.558. The Labute approximate surface area is 173 Å². The summed E-state index contributed by atoms with van der Waals surface area (Å²) < 4.78 is 5.32. The Balaban J connectivity index is 2.06. The van der Waals surface area contributed by atoms with Gasteiger partial charge >= 0.3 is 0 Å². The molecule has 30 heavy (non-hydrogen) atoms. The van der Waals surface area contributed by atoms with Crippen molar-refractivity contribution in [1.29, 1.82) is 0 Å². The van der Waals surface area contributed by atoms with Crippen LogP contribution in [0.15, 0.2) is 72.8 Å². The lowest BCUT2D eigenvalue weighted by Crippen LogP contribution is -2.19. The standard InChI is InChI=1S/C23H20N2O5/c1-15(16-2-8-19(9-3-16)25(28)29)23(17-4-10-20(26)11-5-17)18-6-12-21(13-7-18)30-14-22(24)27/h2-13,26H,14H2,1H3,(H2,24,27). The van der Waals surface area contributed by atoms with Gasteiger partial charge in [0.1, 0.15) is 11.5 Å². The molecule has 0 bridgehead atoms. The Hall–Kier alpha value is -4.13. The summed E-state index contributed by atoms with van der Waals surface area (Å²) in [5.41, 5.74) is 9.50. The number of nitrogens with two attached hydrogens (primary N) is 1. The van der Waals surface area contributed by atoms with Crippen LogP contribution in [0.3, 0.4) is 0 Å². The van der Waals surface area contributed by atoms with Gasteiger partial charge in [-0.2, -0.15) is 0 Å². The summed E-state index contributed by atoms with van der Waals surface area (Å²) in [5.74, 6) is 0.106. The number of nitrogens with zero attached hydrogens (tertiary/aromatic N) is 1. The molecule has 0 atom stereocenters. The predicted octanol–water partition coefficient (Wildman–Crippen LogP) is 4.14. The molecule has 152 valence electrons. The maximum Gasteiger partial charge on any atom is 0.269 e. The van der Waals surface area contributed by atoms with Crippen LogP contribution in [0.25, 0.3) is 11.1 Å². The number of hydrogen-bond acceptors (Lipinski definition) is 5. The quantitative estimate of drug-likeness (QED) is 0.349. The summed E-state index contributed by atoms with van der Waals surface area (Å²) in [4.78, 5) is 21.4. The predicted molar refractivity (Wildman–Crippen MR) is 114 cm³/mol. The van der Waals surface area contributed by atoms with E-state index in [-0.39, 0.29) is 18.0 Å². The lowest BCUT2D eigenvalue weighted by atomic mass is 9.90. The summed E-state index contributed by atoms with van der Waals surface area (Å²) in [6.07, 6.45) is 0. The minimum absolute atomic E-state index is 0.0219. The van der Waals surface area contributed by atoms with E-state index in [4.69, 9.17) is 10.5 Å². The van der Waals surface area contributed by atoms with Gasteiger partial charge in [0.15, 0.2) is 6.61 Å². The molecule has 3 rings (SSSR count). The highest BCUT2D eigenvalue weighted by Gasteiger charge is 2.13. The Morgan fingerprint density at radius 2 is 1.43 bits per heavy atom. The zero-order chi connectivity index (χ0) is 21.7. The Bertz CT molecular complexity index is 1090. The summed E-state index contributed by atoms with van der Waals surface area (Å²) in [6, 6.07) is 20.3. The molecule has 0 aliphatic rings. The minimum Gasteiger partial charge on any atom is -0.508 e. The highest BCUT2D eigenvalue weighted by Crippen LogP contribution is 2.34. The molecule has 0 saturated carbocycles. The molecule has 0 aliphatic heterocycles. The molecule has 7 heteroatoms. The molecular weight excluding hydrogens is 384 g/mol. The maximum absolute atomic E-state index is 10.9. The second-order valence-electron chi connectivity index (χ2n) is 6.63. The fourth-order valence-corrected chi connectivity index (χ4v) is 3.08. The molecule has 7 nitrogen and oxygen atoms in total. The number of amides is 1. The number of ether oxygens (including phenoxy) is 1. The van der Waals surface area contributed by atoms with Gasteiger partial charge in [-0.05, 0) is 71.2 Å². The first kappa shape index (κ1) is 20.6. The number of non-ortho nitro benzene ring substituents is 1. The summed E-state index contributed by atoms with van der Waals surface area (Å²) in [6.45, 7) is 1.72. The van der Waals surface area contributed by atoms with E-state index in [2.05, 4.69) is 0 Å². The van der Waals surface area contributed by atoms with Crippen LogP contribution in [0.2, 0.25) is 0 Å². The molecule has 0 radical (unpaired) electrons. The van der Waals surface area contributed by atoms with Crippen molar-refractivity contribution in [2.75, 3.05) is 6.61 Å². The number of allylic oxidation sites excluding steroid dienone is 1. The van der Waals surface area contributed by atoms with Crippen molar-refractivity contribution in [1.82, 2.24) is 0 Å². The first-order chi connectivity index (χ1) is 14.3. The number of phenolic OH excluding ortho intramolecular Hbond substituents is 1. The number of nitro groups is 1. The largest absolute Gasteiger partial charge is 0.508 e. The van der Waals surface area contributed by atoms with E-state index in [0.717, 1.165) is 27.8 Å². The van der Waals surface area contributed by atoms with Crippen molar-refractivity contribution in [3.63, 3.8) is 0 Å². The molecule has 3 N–H and O–H groups in total. The van der Waals surface area contributed by atoms with Gasteiger partial charge in [0.25, 0.3) is 11.6 Å². The number of carbonyl (C=O) groups is 1. The van der Waals surface area contributed by atoms with Crippen molar-refractivity contribution < 1.29 is 19.6 Å². The Morgan fingerprint density at radius 1 is 0.933 bits per heavy atom. The Morgan fingerprint density at radius 3 is 1.93 bits per heavy atom. The van der Waals surface area contributed by atoms with E-state index in [1.807, 2.05) is 19.1 Å². The highest BCUT2D eigenvalue weighted by atomic mass is 16.6. The molecule has 0 fully saturated rings. The van der Waals surface area contributed by atoms with Crippen LogP contribution in [0.5, 0.6) is 11.5 Å². The molecule has 0 heterocycles. The number of hydrogen-bond donors (Lipinski definition) is 2. The number of phenols is 1. The van der Waals surface area contributed by atoms with Gasteiger partial charge in [0, 0.05) is 12.1 Å². The van der Waals surface area contributed by atoms with Crippen LogP contribution < -0.4 is 10.5 Å². The van der Waals surface area contributed by atoms with Crippen LogP contribution in [-0.4, -0.2) is 22.5 Å². The van der Waals surface area contributed by atoms with Gasteiger partial charge in [-0.1, -0.05) is 24.3 Å². The molecule has 0 aliphatic carbocycles. The van der Waals surface area contributed by atoms with E-state index in [1.165, 1.54) is 12.1 Å². The maximum atomic E-state index is 10.9. The van der Waals surface area contributed by atoms with Gasteiger partial charge in [-0.15, -0.1) is 0 Å². The average molecular weight is 404 g/mol. The van der Waals surface area contributed by atoms with Gasteiger partial charge in [-0.3, -0.25) is 14.9 Å². The van der Waals surface area contributed by atoms with Crippen molar-refractivity contribution in [3.8, 4) is 11.5 Å². The number of carbonyl (C=O) groups excluding carboxylic acids is 1. The lowest BCUT2D eigenvalue weighted by Gasteiger charge is -2.15. The second kappa shape index (κ2) is 8.91. The first-order valence-corrected chi connectivity index (χ1v) is 9.12. The molecular formula is C23H20N2O5. The lowest BCUT2D eigenvalue weighted by molar-refractivity contribution is -0.384. The van der Waals surface area contributed by atoms with Crippen molar-refractivity contribution >= 4 is 22.7 Å². The normalized spacial score (nSPS) is 11.5. The van der Waals surface area contributed by atoms with E-state index in [0.29, 0.717) is 5.75 Å². The number of rotatable bonds is 7. The third-order valence-electron chi connectivity index (χ3n) is 4.57. The van der Waals surface area contributed by atoms with Crippen molar-refractivity contribution in [2.24, 2.45) is 5.73 Å². The van der Waals surface area contributed by atoms with Gasteiger partial charge in [-0.25, -0.2) is 0 Å². The van der Waals surface area contributed by atoms with Crippen LogP contribution in [-0.2, 0) is 4.79 Å². The molecule has 0 aromatic heterocycles. The third-order valence-corrected chi connectivity index (χ3v) is 4.57. The fraction of sp³-hybridized carbons (Fsp3) is 0.0870. The van der Waals surface area contributed by atoms with E-state index >= 15 is 0 Å². The fourth-order valence-electron chi connectivity index (χ4n) is 3.08. The number of nitro benzene ring substituents is 1. The van der Waals surface area contributed by atoms with Crippen LogP contribution in [0.4, 0.5) is 5.69 Å². The summed E-state index contributed by atoms with van der Waals surface area (Å²) in [7, 11) is 0. The van der Waals surface area contributed by atoms with Crippen LogP contribution in [0, 0.1) is 10.1 Å². The van der Waals surface area contributed by atoms with Gasteiger partial charge in [0.2, 0.25) is 0 Å². The van der Waals surface area contributed by atoms with E-state index in [1.54, 1.807) is 48.5 Å².